The smallest absolute Gasteiger partial charge is 0.780 e. The fraction of sp³-hybridized carbons (Fsp3) is 0.586. The predicted octanol–water partition coefficient (Wildman–Crippen LogP) is 18.4. The number of phosphoric ester groups is 3. The summed E-state index contributed by atoms with van der Waals surface area (Å²) in [4.78, 5) is 70.8. The summed E-state index contributed by atoms with van der Waals surface area (Å²) in [6, 6.07) is 23.6. The molecule has 0 heterocycles. The molecule has 3 N–H and O–H groups in total. The van der Waals surface area contributed by atoms with Gasteiger partial charge in [0.05, 0.1) is 0 Å². The van der Waals surface area contributed by atoms with E-state index >= 15 is 0 Å². The number of aromatic hydroxyl groups is 3. The maximum atomic E-state index is 11.8. The molecule has 0 amide bonds. The Labute approximate surface area is 666 Å². The normalized spacial score (nSPS) is 13.5. The van der Waals surface area contributed by atoms with Crippen LogP contribution in [0.25, 0.3) is 0 Å². The second-order valence-corrected chi connectivity index (χ2v) is 44.5. The largest absolute Gasteiger partial charge is 3.00 e. The van der Waals surface area contributed by atoms with Crippen LogP contribution in [0.3, 0.4) is 0 Å². The molecule has 0 radical (unpaired) electrons. The van der Waals surface area contributed by atoms with Gasteiger partial charge in [0.2, 0.25) is 0 Å². The van der Waals surface area contributed by atoms with Gasteiger partial charge in [-0.1, -0.05) is 322 Å². The van der Waals surface area contributed by atoms with E-state index in [1.54, 1.807) is 0 Å². The van der Waals surface area contributed by atoms with Crippen molar-refractivity contribution >= 4 is 58.2 Å². The molecule has 0 unspecified atom stereocenters. The number of hydrogen-bond acceptors (Lipinski definition) is 15. The van der Waals surface area contributed by atoms with Crippen molar-refractivity contribution in [1.82, 2.24) is 0 Å². The molecule has 0 bridgehead atoms. The Hall–Kier alpha value is -4.37. The van der Waals surface area contributed by atoms with Gasteiger partial charge < -0.3 is 71.9 Å². The van der Waals surface area contributed by atoms with Crippen molar-refractivity contribution in [3.8, 4) is 34.5 Å². The van der Waals surface area contributed by atoms with Crippen LogP contribution in [0.2, 0.25) is 0 Å². The van der Waals surface area contributed by atoms with E-state index in [0.29, 0.717) is 50.1 Å². The molecular weight excluding hydrogens is 1430 g/mol. The Bertz CT molecular complexity index is 3840. The van der Waals surface area contributed by atoms with Gasteiger partial charge in [-0.15, -0.1) is 0 Å². The third-order valence-electron chi connectivity index (χ3n) is 18.9. The van der Waals surface area contributed by atoms with Gasteiger partial charge >= 0.3 is 34.7 Å². The average Bonchev–Trinajstić information content (AvgIpc) is 0.773. The van der Waals surface area contributed by atoms with E-state index in [2.05, 4.69) is 187 Å². The Morgan fingerprint density at radius 1 is 0.234 bits per heavy atom. The summed E-state index contributed by atoms with van der Waals surface area (Å²) in [7, 11) is -16.0. The van der Waals surface area contributed by atoms with E-state index in [1.807, 2.05) is 135 Å². The molecule has 20 heteroatoms. The molecule has 0 aromatic heterocycles. The van der Waals surface area contributed by atoms with Crippen LogP contribution in [-0.4, -0.2) is 50.0 Å². The topological polar surface area (TPSA) is 278 Å². The summed E-state index contributed by atoms with van der Waals surface area (Å²) in [6.45, 7) is 73.9. The van der Waals surface area contributed by atoms with Crippen molar-refractivity contribution in [2.24, 2.45) is 0 Å². The van der Waals surface area contributed by atoms with Crippen molar-refractivity contribution in [1.29, 1.82) is 0 Å². The van der Waals surface area contributed by atoms with Crippen LogP contribution in [0.1, 0.15) is 349 Å². The van der Waals surface area contributed by atoms with Crippen molar-refractivity contribution in [3.63, 3.8) is 0 Å². The molecule has 0 aliphatic rings. The zero-order chi connectivity index (χ0) is 82.1. The van der Waals surface area contributed by atoms with E-state index in [0.717, 1.165) is 50.1 Å². The monoisotopic (exact) mass is 1560 g/mol. The fourth-order valence-electron chi connectivity index (χ4n) is 12.2. The molecule has 0 aliphatic carbocycles. The zero-order valence-electron chi connectivity index (χ0n) is 71.8. The molecule has 588 valence electrons. The molecule has 0 saturated heterocycles. The fourth-order valence-corrected chi connectivity index (χ4v) is 13.5. The maximum absolute atomic E-state index is 11.8. The first-order chi connectivity index (χ1) is 46.2. The molecule has 0 aliphatic heterocycles. The first-order valence-corrected chi connectivity index (χ1v) is 40.9. The maximum Gasteiger partial charge on any atom is 3.00 e. The number of phenols is 3. The molecule has 107 heavy (non-hydrogen) atoms. The van der Waals surface area contributed by atoms with Gasteiger partial charge in [0, 0.05) is 36.0 Å². The van der Waals surface area contributed by atoms with Crippen molar-refractivity contribution in [2.75, 3.05) is 0 Å². The molecule has 0 fully saturated rings. The Morgan fingerprint density at radius 2 is 0.364 bits per heavy atom. The van der Waals surface area contributed by atoms with Crippen LogP contribution in [0, 0.1) is 0 Å². The van der Waals surface area contributed by atoms with Gasteiger partial charge in [-0.25, -0.2) is 0 Å². The van der Waals surface area contributed by atoms with E-state index in [4.69, 9.17) is 13.6 Å². The minimum Gasteiger partial charge on any atom is -0.780 e. The standard InChI is InChI=1S/3C29H45O5P.2Al/c3*1-26(2,3)20-14-18(24(30)22(16-20)28(7,8)9)13-19-15-21(27(4,5)6)17-23(29(10,11)12)25(19)34-35(31,32)33;;/h3*14-17,30H,13H2,1-12H3,(H2,31,32,33);;/q;;;2*+3/p-6. The Morgan fingerprint density at radius 3 is 0.486 bits per heavy atom. The number of phenolic OH excluding ortho intramolecular Hbond substituents is 3. The number of rotatable bonds is 12. The van der Waals surface area contributed by atoms with Crippen molar-refractivity contribution in [2.45, 2.75) is 333 Å². The zero-order valence-corrected chi connectivity index (χ0v) is 76.8. The predicted molar refractivity (Wildman–Crippen MR) is 433 cm³/mol. The van der Waals surface area contributed by atoms with E-state index in [-0.39, 0.29) is 137 Å². The van der Waals surface area contributed by atoms with Crippen LogP contribution in [-0.2, 0) is 97.9 Å². The van der Waals surface area contributed by atoms with Crippen molar-refractivity contribution in [3.05, 3.63) is 173 Å². The Kier molecular flexibility index (Phi) is 30.8. The van der Waals surface area contributed by atoms with Gasteiger partial charge in [-0.2, -0.15) is 0 Å². The van der Waals surface area contributed by atoms with Gasteiger partial charge in [0.1, 0.15) is 58.0 Å². The van der Waals surface area contributed by atoms with E-state index in [9.17, 15) is 58.4 Å². The average molecular weight is 1560 g/mol. The number of benzene rings is 6. The SMILES string of the molecule is CC(C)(C)c1cc(Cc2cc(C(C)(C)C)cc(C(C)(C)C)c2OP(=O)([O-])[O-])c(O)c(C(C)(C)C)c1.CC(C)(C)c1cc(Cc2cc(C(C)(C)C)cc(C(C)(C)C)c2OP(=O)([O-])[O-])c(O)c(C(C)(C)C)c1.CC(C)(C)c1cc(Cc2cc(C(C)(C)C)cc(C(C)(C)C)c2OP(=O)([O-])[O-])c(O)c(C(C)(C)C)c1.[Al+3].[Al+3]. The van der Waals surface area contributed by atoms with Gasteiger partial charge in [0.15, 0.2) is 0 Å². The summed E-state index contributed by atoms with van der Waals surface area (Å²) in [5.74, 6) is 0.747. The number of hydrogen-bond donors (Lipinski definition) is 3. The van der Waals surface area contributed by atoms with Gasteiger partial charge in [0.25, 0.3) is 0 Å². The molecule has 6 aromatic carbocycles. The molecule has 6 aromatic rings. The van der Waals surface area contributed by atoms with Crippen LogP contribution < -0.4 is 42.9 Å². The third kappa shape index (κ3) is 27.8. The number of phosphoric acid groups is 3. The van der Waals surface area contributed by atoms with Crippen LogP contribution >= 0.6 is 23.5 Å². The second kappa shape index (κ2) is 33.4. The molecular formula is C87H129Al2O15P3. The van der Waals surface area contributed by atoms with Crippen LogP contribution in [0.5, 0.6) is 34.5 Å². The minimum atomic E-state index is -5.32. The van der Waals surface area contributed by atoms with Crippen LogP contribution in [0.15, 0.2) is 72.8 Å². The van der Waals surface area contributed by atoms with Crippen LogP contribution in [0.4, 0.5) is 0 Å². The van der Waals surface area contributed by atoms with Crippen molar-refractivity contribution < 1.29 is 71.9 Å². The summed E-state index contributed by atoms with van der Waals surface area (Å²) in [6.07, 6.45) is 0.670. The summed E-state index contributed by atoms with van der Waals surface area (Å²) >= 11 is 0. The molecule has 6 rings (SSSR count). The first kappa shape index (κ1) is 98.7. The second-order valence-electron chi connectivity index (χ2n) is 41.3. The van der Waals surface area contributed by atoms with Gasteiger partial charge in [-0.3, -0.25) is 0 Å². The Balaban J connectivity index is 0.000000540. The molecule has 0 saturated carbocycles. The quantitative estimate of drug-likeness (QED) is 0.0759. The van der Waals surface area contributed by atoms with Gasteiger partial charge in [-0.05, 0) is 148 Å². The molecule has 0 atom stereocenters. The third-order valence-corrected chi connectivity index (χ3v) is 20.1. The molecule has 15 nitrogen and oxygen atoms in total. The molecule has 0 spiro atoms. The summed E-state index contributed by atoms with van der Waals surface area (Å²) < 4.78 is 50.8. The van der Waals surface area contributed by atoms with E-state index < -0.39 is 39.7 Å². The summed E-state index contributed by atoms with van der Waals surface area (Å²) in [5.41, 5.74) is 10.8. The minimum absolute atomic E-state index is 0. The van der Waals surface area contributed by atoms with E-state index in [1.165, 1.54) is 0 Å². The first-order valence-electron chi connectivity index (χ1n) is 36.5. The summed E-state index contributed by atoms with van der Waals surface area (Å²) in [5, 5.41) is 34.0.